The van der Waals surface area contributed by atoms with Crippen molar-refractivity contribution in [3.05, 3.63) is 0 Å². The van der Waals surface area contributed by atoms with Crippen molar-refractivity contribution in [2.24, 2.45) is 0 Å². The second-order valence-electron chi connectivity index (χ2n) is 4.05. The highest BCUT2D eigenvalue weighted by molar-refractivity contribution is 4.81. The summed E-state index contributed by atoms with van der Waals surface area (Å²) in [5, 5.41) is 18.2. The summed E-state index contributed by atoms with van der Waals surface area (Å²) in [6.07, 6.45) is -0.400. The highest BCUT2D eigenvalue weighted by atomic mass is 16.5. The molecule has 16 heavy (non-hydrogen) atoms. The first kappa shape index (κ1) is 13.4. The molecule has 0 aliphatic carbocycles. The summed E-state index contributed by atoms with van der Waals surface area (Å²) in [6.45, 7) is 7.82. The number of hydrogen-bond donors (Lipinski definition) is 1. The van der Waals surface area contributed by atoms with Crippen molar-refractivity contribution in [2.75, 3.05) is 52.5 Å². The molecular weight excluding hydrogens is 206 g/mol. The number of rotatable bonds is 6. The molecule has 0 bridgehead atoms. The predicted octanol–water partition coefficient (Wildman–Crippen LogP) is -0.475. The van der Waals surface area contributed by atoms with Crippen LogP contribution in [-0.4, -0.2) is 73.5 Å². The summed E-state index contributed by atoms with van der Waals surface area (Å²) in [5.41, 5.74) is 0. The van der Waals surface area contributed by atoms with Crippen LogP contribution < -0.4 is 0 Å². The van der Waals surface area contributed by atoms with E-state index in [-0.39, 0.29) is 0 Å². The van der Waals surface area contributed by atoms with E-state index in [1.807, 2.05) is 6.92 Å². The molecule has 1 fully saturated rings. The van der Waals surface area contributed by atoms with E-state index >= 15 is 0 Å². The molecule has 0 aromatic carbocycles. The quantitative estimate of drug-likeness (QED) is 0.621. The summed E-state index contributed by atoms with van der Waals surface area (Å²) >= 11 is 0. The van der Waals surface area contributed by atoms with Crippen molar-refractivity contribution in [2.45, 2.75) is 13.0 Å². The van der Waals surface area contributed by atoms with Crippen molar-refractivity contribution in [3.8, 4) is 6.07 Å². The maximum Gasteiger partial charge on any atom is 0.0900 e. The minimum Gasteiger partial charge on any atom is -0.389 e. The standard InChI is InChI=1S/C11H21N3O2/c1-2-16-10-11(15)9-14-7-5-13(4-3-12)6-8-14/h11,15H,2,4-10H2,1H3. The fourth-order valence-electron chi connectivity index (χ4n) is 1.83. The topological polar surface area (TPSA) is 59.7 Å². The average Bonchev–Trinajstić information content (AvgIpc) is 2.29. The van der Waals surface area contributed by atoms with E-state index in [1.54, 1.807) is 0 Å². The molecule has 1 N–H and O–H groups in total. The zero-order chi connectivity index (χ0) is 11.8. The molecular formula is C11H21N3O2. The summed E-state index contributed by atoms with van der Waals surface area (Å²) in [7, 11) is 0. The Bertz CT molecular complexity index is 222. The van der Waals surface area contributed by atoms with Gasteiger partial charge in [0.2, 0.25) is 0 Å². The van der Waals surface area contributed by atoms with Gasteiger partial charge in [-0.05, 0) is 6.92 Å². The second kappa shape index (κ2) is 7.58. The van der Waals surface area contributed by atoms with Gasteiger partial charge < -0.3 is 9.84 Å². The van der Waals surface area contributed by atoms with E-state index in [4.69, 9.17) is 10.00 Å². The van der Waals surface area contributed by atoms with Crippen LogP contribution >= 0.6 is 0 Å². The van der Waals surface area contributed by atoms with Crippen molar-refractivity contribution in [3.63, 3.8) is 0 Å². The van der Waals surface area contributed by atoms with E-state index in [9.17, 15) is 5.11 Å². The third-order valence-electron chi connectivity index (χ3n) is 2.74. The summed E-state index contributed by atoms with van der Waals surface area (Å²) < 4.78 is 5.17. The largest absolute Gasteiger partial charge is 0.389 e. The minimum absolute atomic E-state index is 0.400. The van der Waals surface area contributed by atoms with Crippen LogP contribution in [0.5, 0.6) is 0 Å². The number of nitrogens with zero attached hydrogens (tertiary/aromatic N) is 3. The monoisotopic (exact) mass is 227 g/mol. The van der Waals surface area contributed by atoms with E-state index in [1.165, 1.54) is 0 Å². The van der Waals surface area contributed by atoms with Crippen LogP contribution in [0.3, 0.4) is 0 Å². The molecule has 1 heterocycles. The fraction of sp³-hybridized carbons (Fsp3) is 0.909. The van der Waals surface area contributed by atoms with Crippen LogP contribution in [0.2, 0.25) is 0 Å². The number of piperazine rings is 1. The Morgan fingerprint density at radius 2 is 1.94 bits per heavy atom. The van der Waals surface area contributed by atoms with Crippen molar-refractivity contribution in [1.82, 2.24) is 9.80 Å². The van der Waals surface area contributed by atoms with E-state index < -0.39 is 6.10 Å². The molecule has 92 valence electrons. The van der Waals surface area contributed by atoms with Crippen molar-refractivity contribution < 1.29 is 9.84 Å². The van der Waals surface area contributed by atoms with E-state index in [2.05, 4.69) is 15.9 Å². The van der Waals surface area contributed by atoms with E-state index in [0.717, 1.165) is 26.2 Å². The van der Waals surface area contributed by atoms with Gasteiger partial charge in [0.1, 0.15) is 0 Å². The second-order valence-corrected chi connectivity index (χ2v) is 4.05. The third-order valence-corrected chi connectivity index (χ3v) is 2.74. The lowest BCUT2D eigenvalue weighted by Gasteiger charge is -2.34. The van der Waals surface area contributed by atoms with Crippen molar-refractivity contribution >= 4 is 0 Å². The SMILES string of the molecule is CCOCC(O)CN1CCN(CC#N)CC1. The molecule has 1 saturated heterocycles. The first-order valence-corrected chi connectivity index (χ1v) is 5.83. The lowest BCUT2D eigenvalue weighted by atomic mass is 10.2. The molecule has 1 atom stereocenters. The third kappa shape index (κ3) is 4.90. The molecule has 1 rings (SSSR count). The zero-order valence-electron chi connectivity index (χ0n) is 9.93. The predicted molar refractivity (Wildman–Crippen MR) is 61.0 cm³/mol. The number of aliphatic hydroxyl groups excluding tert-OH is 1. The number of β-amino-alcohol motifs (C(OH)–C–C–N with tert-alkyl or cyclic N) is 1. The normalized spacial score (nSPS) is 20.6. The Morgan fingerprint density at radius 3 is 2.50 bits per heavy atom. The first-order valence-electron chi connectivity index (χ1n) is 5.83. The highest BCUT2D eigenvalue weighted by Gasteiger charge is 2.18. The van der Waals surface area contributed by atoms with Crippen LogP contribution in [0.1, 0.15) is 6.92 Å². The lowest BCUT2D eigenvalue weighted by molar-refractivity contribution is 0.0118. The van der Waals surface area contributed by atoms with Crippen LogP contribution in [0, 0.1) is 11.3 Å². The number of ether oxygens (including phenoxy) is 1. The Morgan fingerprint density at radius 1 is 1.31 bits per heavy atom. The van der Waals surface area contributed by atoms with E-state index in [0.29, 0.717) is 26.3 Å². The molecule has 0 amide bonds. The lowest BCUT2D eigenvalue weighted by Crippen LogP contribution is -2.49. The van der Waals surface area contributed by atoms with Gasteiger partial charge in [0.25, 0.3) is 0 Å². The molecule has 0 radical (unpaired) electrons. The van der Waals surface area contributed by atoms with Gasteiger partial charge in [0.15, 0.2) is 0 Å². The van der Waals surface area contributed by atoms with Gasteiger partial charge in [-0.1, -0.05) is 0 Å². The van der Waals surface area contributed by atoms with Gasteiger partial charge in [-0.3, -0.25) is 9.80 Å². The summed E-state index contributed by atoms with van der Waals surface area (Å²) in [5.74, 6) is 0. The molecule has 0 spiro atoms. The van der Waals surface area contributed by atoms with Gasteiger partial charge in [0, 0.05) is 39.3 Å². The van der Waals surface area contributed by atoms with Gasteiger partial charge in [-0.15, -0.1) is 0 Å². The molecule has 1 aliphatic heterocycles. The van der Waals surface area contributed by atoms with Gasteiger partial charge >= 0.3 is 0 Å². The first-order chi connectivity index (χ1) is 7.76. The Labute approximate surface area is 97.2 Å². The highest BCUT2D eigenvalue weighted by Crippen LogP contribution is 2.02. The van der Waals surface area contributed by atoms with Gasteiger partial charge in [-0.2, -0.15) is 5.26 Å². The average molecular weight is 227 g/mol. The summed E-state index contributed by atoms with van der Waals surface area (Å²) in [4.78, 5) is 4.35. The fourth-order valence-corrected chi connectivity index (χ4v) is 1.83. The minimum atomic E-state index is -0.400. The molecule has 0 aromatic heterocycles. The maximum atomic E-state index is 9.67. The molecule has 1 aliphatic rings. The number of aliphatic hydroxyl groups is 1. The van der Waals surface area contributed by atoms with Crippen LogP contribution in [-0.2, 0) is 4.74 Å². The Balaban J connectivity index is 2.14. The molecule has 5 heteroatoms. The zero-order valence-corrected chi connectivity index (χ0v) is 9.93. The molecule has 5 nitrogen and oxygen atoms in total. The van der Waals surface area contributed by atoms with Crippen LogP contribution in [0.25, 0.3) is 0 Å². The number of hydrogen-bond acceptors (Lipinski definition) is 5. The Kier molecular flexibility index (Phi) is 6.34. The molecule has 0 saturated carbocycles. The summed E-state index contributed by atoms with van der Waals surface area (Å²) in [6, 6.07) is 2.16. The van der Waals surface area contributed by atoms with Crippen molar-refractivity contribution in [1.29, 1.82) is 5.26 Å². The molecule has 1 unspecified atom stereocenters. The maximum absolute atomic E-state index is 9.67. The van der Waals surface area contributed by atoms with Gasteiger partial charge in [-0.25, -0.2) is 0 Å². The van der Waals surface area contributed by atoms with Crippen LogP contribution in [0.15, 0.2) is 0 Å². The Hall–Kier alpha value is -0.670. The molecule has 0 aromatic rings. The van der Waals surface area contributed by atoms with Crippen LogP contribution in [0.4, 0.5) is 0 Å². The number of nitriles is 1. The van der Waals surface area contributed by atoms with Gasteiger partial charge in [0.05, 0.1) is 25.3 Å². The smallest absolute Gasteiger partial charge is 0.0900 e.